The first-order valence-electron chi connectivity index (χ1n) is 11.0. The Labute approximate surface area is 192 Å². The number of pyridine rings is 1. The maximum absolute atomic E-state index is 13.2. The van der Waals surface area contributed by atoms with Crippen LogP contribution in [-0.2, 0) is 16.6 Å². The average molecular weight is 471 g/mol. The first kappa shape index (κ1) is 21.9. The molecule has 3 aromatic rings. The molecule has 9 nitrogen and oxygen atoms in total. The van der Waals surface area contributed by atoms with Gasteiger partial charge in [-0.2, -0.15) is 4.31 Å². The summed E-state index contributed by atoms with van der Waals surface area (Å²) in [5.41, 5.74) is 2.03. The molecule has 1 aromatic carbocycles. The van der Waals surface area contributed by atoms with Crippen molar-refractivity contribution in [3.05, 3.63) is 64.2 Å². The van der Waals surface area contributed by atoms with Crippen LogP contribution in [0.4, 0.5) is 0 Å². The van der Waals surface area contributed by atoms with Crippen LogP contribution in [-0.4, -0.2) is 66.4 Å². The van der Waals surface area contributed by atoms with Gasteiger partial charge in [-0.05, 0) is 31.2 Å². The minimum Gasteiger partial charge on any atom is -0.490 e. The molecule has 1 saturated heterocycles. The summed E-state index contributed by atoms with van der Waals surface area (Å²) in [7, 11) is -3.64. The van der Waals surface area contributed by atoms with E-state index in [9.17, 15) is 13.2 Å². The van der Waals surface area contributed by atoms with Crippen LogP contribution >= 0.6 is 0 Å². The molecule has 174 valence electrons. The molecule has 0 bridgehead atoms. The molecule has 1 fully saturated rings. The van der Waals surface area contributed by atoms with Crippen LogP contribution in [0.15, 0.2) is 52.2 Å². The quantitative estimate of drug-likeness (QED) is 0.573. The summed E-state index contributed by atoms with van der Waals surface area (Å²) in [6.45, 7) is 5.26. The van der Waals surface area contributed by atoms with E-state index in [1.54, 1.807) is 28.7 Å². The molecule has 2 aromatic heterocycles. The van der Waals surface area contributed by atoms with Crippen molar-refractivity contribution in [1.29, 1.82) is 0 Å². The molecule has 0 atom stereocenters. The first-order valence-corrected chi connectivity index (χ1v) is 12.5. The number of benzene rings is 1. The van der Waals surface area contributed by atoms with Gasteiger partial charge in [-0.15, -0.1) is 0 Å². The molecule has 0 saturated carbocycles. The second-order valence-corrected chi connectivity index (χ2v) is 10.2. The summed E-state index contributed by atoms with van der Waals surface area (Å²) in [6.07, 6.45) is 0.761. The monoisotopic (exact) mass is 470 g/mol. The Morgan fingerprint density at radius 2 is 1.73 bits per heavy atom. The van der Waals surface area contributed by atoms with E-state index in [-0.39, 0.29) is 10.5 Å². The first-order chi connectivity index (χ1) is 15.9. The smallest absolute Gasteiger partial charge is 0.258 e. The lowest BCUT2D eigenvalue weighted by atomic mass is 10.3. The molecule has 0 aliphatic carbocycles. The van der Waals surface area contributed by atoms with Crippen molar-refractivity contribution in [3.8, 4) is 11.5 Å². The highest BCUT2D eigenvalue weighted by Crippen LogP contribution is 2.33. The highest BCUT2D eigenvalue weighted by atomic mass is 32.2. The van der Waals surface area contributed by atoms with Crippen molar-refractivity contribution in [2.24, 2.45) is 0 Å². The van der Waals surface area contributed by atoms with Crippen LogP contribution in [0.3, 0.4) is 0 Å². The number of aryl methyl sites for hydroxylation is 1. The maximum Gasteiger partial charge on any atom is 0.258 e. The Morgan fingerprint density at radius 1 is 0.970 bits per heavy atom. The van der Waals surface area contributed by atoms with Gasteiger partial charge in [-0.1, -0.05) is 6.07 Å². The summed E-state index contributed by atoms with van der Waals surface area (Å²) in [4.78, 5) is 19.5. The maximum atomic E-state index is 13.2. The van der Waals surface area contributed by atoms with E-state index in [1.807, 2.05) is 25.1 Å². The largest absolute Gasteiger partial charge is 0.490 e. The number of hydrogen-bond donors (Lipinski definition) is 0. The summed E-state index contributed by atoms with van der Waals surface area (Å²) in [5.74, 6) is 1.04. The van der Waals surface area contributed by atoms with E-state index in [4.69, 9.17) is 9.47 Å². The molecule has 0 N–H and O–H groups in total. The minimum atomic E-state index is -3.64. The zero-order chi connectivity index (χ0) is 23.0. The lowest BCUT2D eigenvalue weighted by molar-refractivity contribution is 0.180. The number of ether oxygens (including phenoxy) is 2. The number of fused-ring (bicyclic) bond motifs is 2. The number of nitrogens with zero attached hydrogens (tertiary/aromatic N) is 4. The van der Waals surface area contributed by atoms with Gasteiger partial charge in [0, 0.05) is 57.0 Å². The highest BCUT2D eigenvalue weighted by Gasteiger charge is 2.30. The third-order valence-electron chi connectivity index (χ3n) is 6.01. The normalized spacial score (nSPS) is 17.7. The highest BCUT2D eigenvalue weighted by molar-refractivity contribution is 7.89. The van der Waals surface area contributed by atoms with E-state index in [1.165, 1.54) is 4.31 Å². The standard InChI is InChI=1S/C23H26N4O5S/c1-17-4-2-5-22-24-18(14-23(28)27(17)22)16-25-8-10-26(11-9-25)33(29,30)19-6-7-20-21(15-19)32-13-3-12-31-20/h2,4-7,14-15H,3,8-13,16H2,1H3. The van der Waals surface area contributed by atoms with Gasteiger partial charge < -0.3 is 9.47 Å². The molecule has 33 heavy (non-hydrogen) atoms. The Kier molecular flexibility index (Phi) is 5.81. The Bertz CT molecular complexity index is 1350. The van der Waals surface area contributed by atoms with Crippen molar-refractivity contribution < 1.29 is 17.9 Å². The lowest BCUT2D eigenvalue weighted by Crippen LogP contribution is -2.48. The zero-order valence-electron chi connectivity index (χ0n) is 18.4. The topological polar surface area (TPSA) is 93.5 Å². The van der Waals surface area contributed by atoms with Gasteiger partial charge in [0.1, 0.15) is 5.65 Å². The van der Waals surface area contributed by atoms with Crippen LogP contribution in [0, 0.1) is 6.92 Å². The van der Waals surface area contributed by atoms with E-state index in [2.05, 4.69) is 9.88 Å². The van der Waals surface area contributed by atoms with Crippen LogP contribution in [0.1, 0.15) is 17.8 Å². The van der Waals surface area contributed by atoms with E-state index < -0.39 is 10.0 Å². The fraction of sp³-hybridized carbons (Fsp3) is 0.391. The van der Waals surface area contributed by atoms with Crippen LogP contribution in [0.25, 0.3) is 5.65 Å². The third kappa shape index (κ3) is 4.33. The second kappa shape index (κ2) is 8.77. The van der Waals surface area contributed by atoms with Gasteiger partial charge >= 0.3 is 0 Å². The lowest BCUT2D eigenvalue weighted by Gasteiger charge is -2.33. The van der Waals surface area contributed by atoms with Crippen LogP contribution in [0.2, 0.25) is 0 Å². The van der Waals surface area contributed by atoms with E-state index in [0.29, 0.717) is 68.8 Å². The second-order valence-electron chi connectivity index (χ2n) is 8.29. The summed E-state index contributed by atoms with van der Waals surface area (Å²) in [5, 5.41) is 0. The zero-order valence-corrected chi connectivity index (χ0v) is 19.3. The minimum absolute atomic E-state index is 0.108. The summed E-state index contributed by atoms with van der Waals surface area (Å²) < 4.78 is 40.7. The predicted molar refractivity (Wildman–Crippen MR) is 122 cm³/mol. The van der Waals surface area contributed by atoms with Crippen molar-refractivity contribution in [3.63, 3.8) is 0 Å². The van der Waals surface area contributed by atoms with Gasteiger partial charge in [-0.25, -0.2) is 13.4 Å². The number of sulfonamides is 1. The van der Waals surface area contributed by atoms with Crippen LogP contribution < -0.4 is 15.0 Å². The summed E-state index contributed by atoms with van der Waals surface area (Å²) in [6, 6.07) is 11.9. The number of rotatable bonds is 4. The summed E-state index contributed by atoms with van der Waals surface area (Å²) >= 11 is 0. The van der Waals surface area contributed by atoms with Crippen LogP contribution in [0.5, 0.6) is 11.5 Å². The van der Waals surface area contributed by atoms with Gasteiger partial charge in [0.05, 0.1) is 23.8 Å². The Balaban J connectivity index is 1.28. The van der Waals surface area contributed by atoms with Crippen molar-refractivity contribution in [1.82, 2.24) is 18.6 Å². The average Bonchev–Trinajstić information content (AvgIpc) is 3.04. The van der Waals surface area contributed by atoms with Crippen molar-refractivity contribution in [2.75, 3.05) is 39.4 Å². The Morgan fingerprint density at radius 3 is 2.52 bits per heavy atom. The predicted octanol–water partition coefficient (Wildman–Crippen LogP) is 1.67. The molecular weight excluding hydrogens is 444 g/mol. The molecule has 2 aliphatic rings. The molecule has 4 heterocycles. The molecule has 5 rings (SSSR count). The van der Waals surface area contributed by atoms with Crippen molar-refractivity contribution in [2.45, 2.75) is 24.8 Å². The molecule has 0 unspecified atom stereocenters. The van der Waals surface area contributed by atoms with Gasteiger partial charge in [0.2, 0.25) is 10.0 Å². The molecule has 2 aliphatic heterocycles. The molecule has 0 spiro atoms. The molecule has 10 heteroatoms. The van der Waals surface area contributed by atoms with Gasteiger partial charge in [0.25, 0.3) is 5.56 Å². The van der Waals surface area contributed by atoms with Gasteiger partial charge in [-0.3, -0.25) is 14.1 Å². The fourth-order valence-corrected chi connectivity index (χ4v) is 5.69. The van der Waals surface area contributed by atoms with E-state index >= 15 is 0 Å². The Hall–Kier alpha value is -2.95. The number of hydrogen-bond acceptors (Lipinski definition) is 7. The third-order valence-corrected chi connectivity index (χ3v) is 7.90. The number of aromatic nitrogens is 2. The van der Waals surface area contributed by atoms with Crippen molar-refractivity contribution >= 4 is 15.7 Å². The SMILES string of the molecule is Cc1cccc2nc(CN3CCN(S(=O)(=O)c4ccc5c(c4)OCCCO5)CC3)cc(=O)n12. The van der Waals surface area contributed by atoms with E-state index in [0.717, 1.165) is 12.1 Å². The molecular formula is C23H26N4O5S. The molecule has 0 radical (unpaired) electrons. The fourth-order valence-electron chi connectivity index (χ4n) is 4.25. The molecule has 0 amide bonds. The van der Waals surface area contributed by atoms with Gasteiger partial charge in [0.15, 0.2) is 11.5 Å². The number of piperazine rings is 1.